The summed E-state index contributed by atoms with van der Waals surface area (Å²) >= 11 is 1.58. The first kappa shape index (κ1) is 60.3. The Morgan fingerprint density at radius 1 is 0.850 bits per heavy atom. The molecule has 80 heavy (non-hydrogen) atoms. The van der Waals surface area contributed by atoms with Crippen LogP contribution in [-0.2, 0) is 25.7 Å². The van der Waals surface area contributed by atoms with Gasteiger partial charge in [-0.1, -0.05) is 57.9 Å². The molecule has 4 saturated heterocycles. The van der Waals surface area contributed by atoms with Gasteiger partial charge in [-0.2, -0.15) is 4.98 Å². The van der Waals surface area contributed by atoms with Crippen molar-refractivity contribution in [3.05, 3.63) is 53.2 Å². The minimum absolute atomic E-state index is 0.00503. The predicted molar refractivity (Wildman–Crippen MR) is 308 cm³/mol. The maximum Gasteiger partial charge on any atom is 0.251 e. The molecule has 0 saturated carbocycles. The quantitative estimate of drug-likeness (QED) is 0.0382. The van der Waals surface area contributed by atoms with Gasteiger partial charge in [0.05, 0.1) is 41.4 Å². The Morgan fingerprint density at radius 3 is 2.21 bits per heavy atom. The monoisotopic (exact) mass is 1130 g/mol. The summed E-state index contributed by atoms with van der Waals surface area (Å²) in [6, 6.07) is 10.1. The second-order valence-corrected chi connectivity index (χ2v) is 24.2. The van der Waals surface area contributed by atoms with Crippen molar-refractivity contribution >= 4 is 57.6 Å². The Balaban J connectivity index is 0.715. The molecule has 0 aliphatic carbocycles. The molecule has 2 aromatic heterocycles. The zero-order valence-corrected chi connectivity index (χ0v) is 48.5. The highest BCUT2D eigenvalue weighted by Gasteiger charge is 2.44. The standard InChI is InChI=1S/C59H85F2N11O7S/c1-40-52(80-39-64-40)42-18-16-41(17-19-42)37-63-55(76)47-34-44(73)38-72(47)56(77)53(58(2,3)4)67-51(75)15-9-7-6-8-14-50(74)62-24-12-27-70-29-20-43(21-30-70)65-54-45-35-48(78-5)49(79-33-13-28-69-25-10-11-26-69)36-46(45)66-57(68-54)71-31-22-59(60,61)23-32-71/h16-19,35-36,39,43-44,47,53,73H,6-15,20-34,37-38H2,1-5H3,(H,62,74)(H,63,76)(H,67,75)(H,65,66,68)/t44-,47+,53-/m1/s1. The second kappa shape index (κ2) is 28.3. The highest BCUT2D eigenvalue weighted by molar-refractivity contribution is 7.13. The third kappa shape index (κ3) is 16.9. The highest BCUT2D eigenvalue weighted by Crippen LogP contribution is 2.38. The number of hydrogen-bond donors (Lipinski definition) is 5. The van der Waals surface area contributed by atoms with Crippen LogP contribution in [0.2, 0.25) is 0 Å². The van der Waals surface area contributed by atoms with Crippen molar-refractivity contribution in [3.63, 3.8) is 0 Å². The average Bonchev–Trinajstić information content (AvgIpc) is 4.24. The van der Waals surface area contributed by atoms with Gasteiger partial charge in [0.2, 0.25) is 29.6 Å². The SMILES string of the molecule is COc1cc2c(NC3CCN(CCCNC(=O)CCCCCCC(=O)N[C@H](C(=O)N4C[C@H](O)C[C@H]4C(=O)NCc4ccc(-c5scnc5C)cc4)C(C)(C)C)CC3)nc(N3CCC(F)(F)CC3)nc2cc1OCCCN1CCCC1. The number of β-amino-alcohol motifs (C(OH)–C–C–N with tert-alkyl or cyclic N) is 1. The van der Waals surface area contributed by atoms with Gasteiger partial charge >= 0.3 is 0 Å². The number of fused-ring (bicyclic) bond motifs is 1. The number of carbonyl (C=O) groups is 4. The molecule has 2 aromatic carbocycles. The molecule has 0 radical (unpaired) electrons. The number of likely N-dealkylation sites (tertiary alicyclic amines) is 3. The van der Waals surface area contributed by atoms with Crippen molar-refractivity contribution in [2.75, 3.05) is 89.4 Å². The van der Waals surface area contributed by atoms with E-state index in [1.54, 1.807) is 18.4 Å². The van der Waals surface area contributed by atoms with Crippen LogP contribution in [0.3, 0.4) is 0 Å². The number of aryl methyl sites for hydroxylation is 1. The lowest BCUT2D eigenvalue weighted by atomic mass is 9.85. The van der Waals surface area contributed by atoms with Crippen molar-refractivity contribution in [2.45, 2.75) is 161 Å². The number of methoxy groups -OCH3 is 1. The molecular weight excluding hydrogens is 1040 g/mol. The lowest BCUT2D eigenvalue weighted by Crippen LogP contribution is -2.57. The van der Waals surface area contributed by atoms with Crippen LogP contribution in [0.5, 0.6) is 11.5 Å². The minimum atomic E-state index is -2.69. The van der Waals surface area contributed by atoms with Gasteiger partial charge < -0.3 is 55.4 Å². The lowest BCUT2D eigenvalue weighted by Gasteiger charge is -2.35. The number of halogens is 2. The van der Waals surface area contributed by atoms with E-state index < -0.39 is 35.4 Å². The van der Waals surface area contributed by atoms with Crippen LogP contribution in [0.25, 0.3) is 21.3 Å². The first-order valence-electron chi connectivity index (χ1n) is 29.1. The van der Waals surface area contributed by atoms with Crippen molar-refractivity contribution in [1.29, 1.82) is 0 Å². The van der Waals surface area contributed by atoms with E-state index in [1.165, 1.54) is 17.7 Å². The number of rotatable bonds is 26. The molecule has 438 valence electrons. The maximum atomic E-state index is 14.2. The van der Waals surface area contributed by atoms with E-state index in [1.807, 2.05) is 74.5 Å². The van der Waals surface area contributed by atoms with Crippen LogP contribution in [0.1, 0.15) is 128 Å². The number of aromatic nitrogens is 3. The number of hydrogen-bond acceptors (Lipinski definition) is 15. The topological polar surface area (TPSA) is 207 Å². The molecule has 0 spiro atoms. The molecule has 6 heterocycles. The molecular formula is C59H85F2N11O7S. The third-order valence-corrected chi connectivity index (χ3v) is 17.0. The van der Waals surface area contributed by atoms with Gasteiger partial charge in [0.25, 0.3) is 5.92 Å². The molecule has 0 unspecified atom stereocenters. The van der Waals surface area contributed by atoms with Crippen LogP contribution in [0.15, 0.2) is 41.9 Å². The number of anilines is 2. The second-order valence-electron chi connectivity index (χ2n) is 23.3. The van der Waals surface area contributed by atoms with Gasteiger partial charge in [-0.3, -0.25) is 19.2 Å². The maximum absolute atomic E-state index is 14.2. The fourth-order valence-electron chi connectivity index (χ4n) is 11.2. The average molecular weight is 1130 g/mol. The van der Waals surface area contributed by atoms with Crippen LogP contribution < -0.4 is 35.6 Å². The van der Waals surface area contributed by atoms with E-state index in [0.717, 1.165) is 105 Å². The van der Waals surface area contributed by atoms with Gasteiger partial charge in [0.1, 0.15) is 17.9 Å². The van der Waals surface area contributed by atoms with Crippen molar-refractivity contribution < 1.29 is 42.5 Å². The Hall–Kier alpha value is -5.77. The Morgan fingerprint density at radius 2 is 1.54 bits per heavy atom. The molecule has 4 aliphatic heterocycles. The summed E-state index contributed by atoms with van der Waals surface area (Å²) in [4.78, 5) is 77.0. The summed E-state index contributed by atoms with van der Waals surface area (Å²) in [7, 11) is 1.62. The van der Waals surface area contributed by atoms with E-state index in [2.05, 4.69) is 36.1 Å². The summed E-state index contributed by atoms with van der Waals surface area (Å²) < 4.78 is 40.4. The lowest BCUT2D eigenvalue weighted by molar-refractivity contribution is -0.144. The largest absolute Gasteiger partial charge is 0.493 e. The molecule has 4 aliphatic rings. The molecule has 4 amide bonds. The van der Waals surface area contributed by atoms with Crippen molar-refractivity contribution in [1.82, 2.24) is 45.6 Å². The van der Waals surface area contributed by atoms with Gasteiger partial charge in [-0.25, -0.2) is 18.7 Å². The molecule has 4 aromatic rings. The van der Waals surface area contributed by atoms with E-state index in [0.29, 0.717) is 61.2 Å². The number of alkyl halides is 2. The van der Waals surface area contributed by atoms with Crippen LogP contribution >= 0.6 is 11.3 Å². The number of amides is 4. The molecule has 3 atom stereocenters. The van der Waals surface area contributed by atoms with Crippen molar-refractivity contribution in [2.24, 2.45) is 5.41 Å². The number of piperidine rings is 2. The molecule has 5 N–H and O–H groups in total. The molecule has 4 fully saturated rings. The number of aliphatic hydroxyl groups is 1. The highest BCUT2D eigenvalue weighted by atomic mass is 32.1. The number of benzene rings is 2. The number of nitrogens with zero attached hydrogens (tertiary/aromatic N) is 7. The van der Waals surface area contributed by atoms with E-state index >= 15 is 0 Å². The summed E-state index contributed by atoms with van der Waals surface area (Å²) in [5.41, 5.74) is 4.75. The zero-order valence-electron chi connectivity index (χ0n) is 47.6. The molecule has 8 rings (SSSR count). The minimum Gasteiger partial charge on any atom is -0.493 e. The third-order valence-electron chi connectivity index (χ3n) is 16.0. The van der Waals surface area contributed by atoms with Crippen LogP contribution in [0, 0.1) is 12.3 Å². The molecule has 21 heteroatoms. The Labute approximate surface area is 474 Å². The van der Waals surface area contributed by atoms with E-state index in [9.17, 15) is 33.1 Å². The van der Waals surface area contributed by atoms with Gasteiger partial charge in [-0.15, -0.1) is 11.3 Å². The van der Waals surface area contributed by atoms with Gasteiger partial charge in [0.15, 0.2) is 11.5 Å². The first-order chi connectivity index (χ1) is 38.4. The number of unbranched alkanes of at least 4 members (excludes halogenated alkanes) is 3. The Bertz CT molecular complexity index is 2680. The zero-order chi connectivity index (χ0) is 56.8. The smallest absolute Gasteiger partial charge is 0.251 e. The number of nitrogens with one attached hydrogen (secondary N) is 4. The fourth-order valence-corrected chi connectivity index (χ4v) is 12.0. The molecule has 0 bridgehead atoms. The normalized spacial score (nSPS) is 19.5. The van der Waals surface area contributed by atoms with E-state index in [-0.39, 0.29) is 75.6 Å². The number of thiazole rings is 1. The predicted octanol–water partition coefficient (Wildman–Crippen LogP) is 7.70. The number of aliphatic hydroxyl groups excluding tert-OH is 1. The fraction of sp³-hybridized carbons (Fsp3) is 0.644. The molecule has 18 nitrogen and oxygen atoms in total. The summed E-state index contributed by atoms with van der Waals surface area (Å²) in [5, 5.41) is 24.1. The van der Waals surface area contributed by atoms with Crippen LogP contribution in [-0.4, -0.2) is 168 Å². The summed E-state index contributed by atoms with van der Waals surface area (Å²) in [5.74, 6) is -1.41. The Kier molecular flexibility index (Phi) is 21.3. The van der Waals surface area contributed by atoms with Crippen LogP contribution in [0.4, 0.5) is 20.5 Å². The number of carbonyl (C=O) groups excluding carboxylic acids is 4. The summed E-state index contributed by atoms with van der Waals surface area (Å²) in [6.07, 6.45) is 8.22. The summed E-state index contributed by atoms with van der Waals surface area (Å²) in [6.45, 7) is 15.2. The van der Waals surface area contributed by atoms with Crippen molar-refractivity contribution in [3.8, 4) is 21.9 Å². The number of ether oxygens (including phenoxy) is 2. The first-order valence-corrected chi connectivity index (χ1v) is 30.0. The van der Waals surface area contributed by atoms with Gasteiger partial charge in [-0.05, 0) is 101 Å². The van der Waals surface area contributed by atoms with Gasteiger partial charge in [0, 0.05) is 102 Å². The van der Waals surface area contributed by atoms with E-state index in [4.69, 9.17) is 19.4 Å².